The number of hydrogen-bond donors (Lipinski definition) is 1. The Balaban J connectivity index is 0.000000410. The minimum atomic E-state index is -0.367. The Morgan fingerprint density at radius 1 is 1.14 bits per heavy atom. The second-order valence-corrected chi connectivity index (χ2v) is 7.76. The summed E-state index contributed by atoms with van der Waals surface area (Å²) < 4.78 is 11.7. The molecule has 3 rings (SSSR count). The number of aromatic nitrogens is 1. The molecule has 0 atom stereocenters. The molecule has 0 radical (unpaired) electrons. The van der Waals surface area contributed by atoms with Gasteiger partial charge in [-0.3, -0.25) is 14.2 Å². The lowest BCUT2D eigenvalue weighted by Crippen LogP contribution is -2.29. The van der Waals surface area contributed by atoms with E-state index in [0.29, 0.717) is 40.6 Å². The predicted molar refractivity (Wildman–Crippen MR) is 131 cm³/mol. The molecule has 0 spiro atoms. The van der Waals surface area contributed by atoms with Crippen LogP contribution in [0.25, 0.3) is 10.9 Å². The van der Waals surface area contributed by atoms with Crippen molar-refractivity contribution in [3.8, 4) is 5.75 Å². The van der Waals surface area contributed by atoms with Crippen LogP contribution in [0.1, 0.15) is 35.5 Å². The number of fused-ring (bicyclic) bond motifs is 1. The van der Waals surface area contributed by atoms with Crippen LogP contribution in [0.3, 0.4) is 0 Å². The summed E-state index contributed by atoms with van der Waals surface area (Å²) in [4.78, 5) is 25.1. The van der Waals surface area contributed by atoms with Gasteiger partial charge in [-0.2, -0.15) is 0 Å². The maximum atomic E-state index is 13.1. The molecule has 0 aliphatic heterocycles. The summed E-state index contributed by atoms with van der Waals surface area (Å²) in [5.41, 5.74) is 2.66. The fourth-order valence-corrected chi connectivity index (χ4v) is 3.66. The van der Waals surface area contributed by atoms with E-state index in [1.807, 2.05) is 19.1 Å². The highest BCUT2D eigenvalue weighted by atomic mass is 35.5. The van der Waals surface area contributed by atoms with E-state index in [0.717, 1.165) is 10.9 Å². The Morgan fingerprint density at radius 3 is 2.26 bits per heavy atom. The van der Waals surface area contributed by atoms with Crippen molar-refractivity contribution in [2.75, 3.05) is 27.3 Å². The average Bonchev–Trinajstić information content (AvgIpc) is 3.15. The van der Waals surface area contributed by atoms with Gasteiger partial charge in [-0.1, -0.05) is 11.6 Å². The SMILES string of the molecule is CCN(CC)[N+]([O-])=NO.COC(=O)Cc1c(C)n(C(=O)c2ccc(Cl)cc2)c2ccc(OC)cc12. The molecular formula is C24H29ClN4O6. The smallest absolute Gasteiger partial charge is 0.310 e. The number of esters is 1. The summed E-state index contributed by atoms with van der Waals surface area (Å²) in [5, 5.41) is 23.5. The molecule has 0 fully saturated rings. The van der Waals surface area contributed by atoms with E-state index in [1.165, 1.54) is 12.1 Å². The van der Waals surface area contributed by atoms with Gasteiger partial charge in [-0.15, -0.1) is 5.01 Å². The van der Waals surface area contributed by atoms with Crippen LogP contribution in [0.15, 0.2) is 47.7 Å². The van der Waals surface area contributed by atoms with Gasteiger partial charge in [0.2, 0.25) is 5.28 Å². The lowest BCUT2D eigenvalue weighted by Gasteiger charge is -2.11. The summed E-state index contributed by atoms with van der Waals surface area (Å²) >= 11 is 5.92. The first-order valence-electron chi connectivity index (χ1n) is 10.8. The van der Waals surface area contributed by atoms with Gasteiger partial charge in [0, 0.05) is 21.7 Å². The number of hydrogen-bond acceptors (Lipinski definition) is 6. The third-order valence-electron chi connectivity index (χ3n) is 5.43. The monoisotopic (exact) mass is 504 g/mol. The third-order valence-corrected chi connectivity index (χ3v) is 5.69. The lowest BCUT2D eigenvalue weighted by atomic mass is 10.1. The molecule has 1 N–H and O–H groups in total. The van der Waals surface area contributed by atoms with Gasteiger partial charge in [0.1, 0.15) is 5.75 Å². The van der Waals surface area contributed by atoms with Crippen molar-refractivity contribution in [1.82, 2.24) is 9.58 Å². The molecule has 10 nitrogen and oxygen atoms in total. The highest BCUT2D eigenvalue weighted by molar-refractivity contribution is 6.30. The minimum absolute atomic E-state index is 0.0763. The first-order chi connectivity index (χ1) is 16.7. The summed E-state index contributed by atoms with van der Waals surface area (Å²) in [7, 11) is 2.92. The molecule has 1 aromatic heterocycles. The number of ether oxygens (including phenoxy) is 2. The minimum Gasteiger partial charge on any atom is -0.569 e. The van der Waals surface area contributed by atoms with Gasteiger partial charge in [0.05, 0.1) is 44.2 Å². The predicted octanol–water partition coefficient (Wildman–Crippen LogP) is 4.61. The largest absolute Gasteiger partial charge is 0.569 e. The summed E-state index contributed by atoms with van der Waals surface area (Å²) in [6, 6.07) is 12.1. The Hall–Kier alpha value is -3.79. The van der Waals surface area contributed by atoms with Gasteiger partial charge < -0.3 is 19.9 Å². The second kappa shape index (κ2) is 12.6. The topological polar surface area (TPSA) is 119 Å². The summed E-state index contributed by atoms with van der Waals surface area (Å²) in [5.74, 6) is 0.0964. The van der Waals surface area contributed by atoms with Crippen LogP contribution in [0.2, 0.25) is 5.02 Å². The fraction of sp³-hybridized carbons (Fsp3) is 0.333. The van der Waals surface area contributed by atoms with Crippen LogP contribution < -0.4 is 4.74 Å². The second-order valence-electron chi connectivity index (χ2n) is 7.33. The van der Waals surface area contributed by atoms with E-state index in [2.05, 4.69) is 5.28 Å². The van der Waals surface area contributed by atoms with Gasteiger partial charge in [-0.25, -0.2) is 0 Å². The quantitative estimate of drug-likeness (QED) is 0.216. The molecule has 0 saturated carbocycles. The molecule has 0 unspecified atom stereocenters. The number of carbonyl (C=O) groups excluding carboxylic acids is 2. The Labute approximate surface area is 208 Å². The first kappa shape index (κ1) is 27.5. The molecule has 0 aliphatic rings. The van der Waals surface area contributed by atoms with Crippen molar-refractivity contribution >= 4 is 34.4 Å². The zero-order valence-electron chi connectivity index (χ0n) is 20.3. The molecule has 1 heterocycles. The van der Waals surface area contributed by atoms with Crippen LogP contribution in [0, 0.1) is 12.1 Å². The number of benzene rings is 2. The number of carbonyl (C=O) groups is 2. The maximum Gasteiger partial charge on any atom is 0.310 e. The van der Waals surface area contributed by atoms with E-state index in [9.17, 15) is 14.8 Å². The van der Waals surface area contributed by atoms with Crippen molar-refractivity contribution in [1.29, 1.82) is 0 Å². The first-order valence-corrected chi connectivity index (χ1v) is 11.2. The van der Waals surface area contributed by atoms with E-state index in [4.69, 9.17) is 26.3 Å². The van der Waals surface area contributed by atoms with Gasteiger partial charge in [0.25, 0.3) is 5.91 Å². The molecule has 0 saturated heterocycles. The molecule has 0 amide bonds. The van der Waals surface area contributed by atoms with Gasteiger partial charge >= 0.3 is 5.97 Å². The highest BCUT2D eigenvalue weighted by Crippen LogP contribution is 2.31. The number of methoxy groups -OCH3 is 2. The maximum absolute atomic E-state index is 13.1. The standard InChI is InChI=1S/C20H18ClNO4.C4H11N3O2/c1-12-16(11-19(23)26-3)17-10-15(25-2)8-9-18(17)22(12)20(24)13-4-6-14(21)7-5-13;1-3-6(4-2)7(9)5-8/h4-10H,11H2,1-3H3;8H,3-4H2,1-2H3. The number of hydrazine groups is 1. The Morgan fingerprint density at radius 2 is 1.77 bits per heavy atom. The van der Waals surface area contributed by atoms with Crippen LogP contribution >= 0.6 is 11.6 Å². The van der Waals surface area contributed by atoms with Crippen molar-refractivity contribution in [3.05, 3.63) is 69.5 Å². The van der Waals surface area contributed by atoms with Crippen molar-refractivity contribution in [2.45, 2.75) is 27.2 Å². The van der Waals surface area contributed by atoms with E-state index >= 15 is 0 Å². The fourth-order valence-electron chi connectivity index (χ4n) is 3.53. The van der Waals surface area contributed by atoms with E-state index in [-0.39, 0.29) is 23.3 Å². The molecule has 35 heavy (non-hydrogen) atoms. The van der Waals surface area contributed by atoms with Crippen LogP contribution in [0.5, 0.6) is 5.75 Å². The van der Waals surface area contributed by atoms with Crippen molar-refractivity contribution in [3.63, 3.8) is 0 Å². The number of rotatable bonds is 7. The van der Waals surface area contributed by atoms with Gasteiger partial charge in [-0.05, 0) is 68.8 Å². The normalized spacial score (nSPS) is 11.0. The third kappa shape index (κ3) is 6.42. The molecule has 0 aliphatic carbocycles. The summed E-state index contributed by atoms with van der Waals surface area (Å²) in [6.07, 6.45) is 0.0763. The van der Waals surface area contributed by atoms with Crippen LogP contribution in [-0.2, 0) is 16.0 Å². The molecule has 3 aromatic rings. The molecule has 11 heteroatoms. The van der Waals surface area contributed by atoms with Crippen LogP contribution in [0.4, 0.5) is 0 Å². The lowest BCUT2D eigenvalue weighted by molar-refractivity contribution is -0.708. The molecule has 2 aromatic carbocycles. The molecular weight excluding hydrogens is 476 g/mol. The van der Waals surface area contributed by atoms with Crippen LogP contribution in [-0.4, -0.2) is 58.9 Å². The zero-order chi connectivity index (χ0) is 26.1. The van der Waals surface area contributed by atoms with Crippen molar-refractivity contribution in [2.24, 2.45) is 5.28 Å². The highest BCUT2D eigenvalue weighted by Gasteiger charge is 2.22. The Kier molecular flexibility index (Phi) is 9.89. The van der Waals surface area contributed by atoms with E-state index in [1.54, 1.807) is 55.9 Å². The average molecular weight is 505 g/mol. The number of halogens is 1. The van der Waals surface area contributed by atoms with E-state index < -0.39 is 0 Å². The number of nitrogens with zero attached hydrogens (tertiary/aromatic N) is 4. The molecule has 188 valence electrons. The van der Waals surface area contributed by atoms with Crippen molar-refractivity contribution < 1.29 is 29.2 Å². The van der Waals surface area contributed by atoms with Gasteiger partial charge in [0.15, 0.2) is 0 Å². The summed E-state index contributed by atoms with van der Waals surface area (Å²) in [6.45, 7) is 6.52. The molecule has 0 bridgehead atoms. The Bertz CT molecular complexity index is 1200. The zero-order valence-corrected chi connectivity index (χ0v) is 21.1.